The number of rotatable bonds is 0. The molecule has 1 radical (unpaired) electrons. The maximum absolute atomic E-state index is 5.28. The summed E-state index contributed by atoms with van der Waals surface area (Å²) in [5.74, 6) is 0. The van der Waals surface area contributed by atoms with Crippen LogP contribution in [0.15, 0.2) is 18.2 Å². The third-order valence-corrected chi connectivity index (χ3v) is 1.79. The molecule has 0 bridgehead atoms. The van der Waals surface area contributed by atoms with E-state index in [1.807, 2.05) is 12.1 Å². The van der Waals surface area contributed by atoms with Crippen molar-refractivity contribution in [3.05, 3.63) is 35.4 Å². The highest BCUT2D eigenvalue weighted by Gasteiger charge is 2.06. The van der Waals surface area contributed by atoms with E-state index in [0.29, 0.717) is 0 Å². The van der Waals surface area contributed by atoms with Crippen molar-refractivity contribution in [1.82, 2.24) is 0 Å². The Bertz CT molecular complexity index is 205. The van der Waals surface area contributed by atoms with Crippen LogP contribution in [0.1, 0.15) is 11.1 Å². The van der Waals surface area contributed by atoms with E-state index in [9.17, 15) is 0 Å². The van der Waals surface area contributed by atoms with Gasteiger partial charge in [0.15, 0.2) is 0 Å². The zero-order chi connectivity index (χ0) is 6.81. The maximum Gasteiger partial charge on any atom is 0.0719 e. The molecule has 10 heavy (non-hydrogen) atoms. The van der Waals surface area contributed by atoms with Crippen LogP contribution in [0.3, 0.4) is 0 Å². The van der Waals surface area contributed by atoms with Crippen molar-refractivity contribution >= 4 is 0 Å². The van der Waals surface area contributed by atoms with Crippen LogP contribution in [-0.2, 0) is 17.8 Å². The molecule has 0 N–H and O–H groups in total. The molecule has 1 aliphatic rings. The summed E-state index contributed by atoms with van der Waals surface area (Å²) < 4.78 is 5.28. The van der Waals surface area contributed by atoms with Gasteiger partial charge in [-0.2, -0.15) is 0 Å². The number of ether oxygens (including phenoxy) is 1. The van der Waals surface area contributed by atoms with Crippen molar-refractivity contribution in [3.63, 3.8) is 0 Å². The lowest BCUT2D eigenvalue weighted by atomic mass is 10.0. The fraction of sp³-hybridized carbons (Fsp3) is 0.333. The highest BCUT2D eigenvalue weighted by Crippen LogP contribution is 2.14. The van der Waals surface area contributed by atoms with Gasteiger partial charge in [0.2, 0.25) is 0 Å². The highest BCUT2D eigenvalue weighted by molar-refractivity contribution is 5.26. The Labute approximate surface area is 60.6 Å². The zero-order valence-electron chi connectivity index (χ0n) is 5.76. The molecule has 0 fully saturated rings. The Hall–Kier alpha value is -0.820. The monoisotopic (exact) mass is 133 g/mol. The van der Waals surface area contributed by atoms with Gasteiger partial charge in [-0.3, -0.25) is 0 Å². The fourth-order valence-corrected chi connectivity index (χ4v) is 1.23. The van der Waals surface area contributed by atoms with Crippen molar-refractivity contribution in [2.24, 2.45) is 0 Å². The van der Waals surface area contributed by atoms with E-state index < -0.39 is 0 Å². The van der Waals surface area contributed by atoms with Crippen molar-refractivity contribution in [3.8, 4) is 0 Å². The summed E-state index contributed by atoms with van der Waals surface area (Å²) in [6.45, 7) is 1.63. The SMILES string of the molecule is [c]1cccc2c1CCOC2. The molecule has 1 aromatic rings. The van der Waals surface area contributed by atoms with Gasteiger partial charge in [0.25, 0.3) is 0 Å². The Morgan fingerprint density at radius 3 is 3.40 bits per heavy atom. The molecule has 0 saturated heterocycles. The zero-order valence-corrected chi connectivity index (χ0v) is 5.76. The van der Waals surface area contributed by atoms with Crippen LogP contribution >= 0.6 is 0 Å². The third kappa shape index (κ3) is 0.929. The van der Waals surface area contributed by atoms with Gasteiger partial charge in [0.05, 0.1) is 13.2 Å². The average Bonchev–Trinajstić information content (AvgIpc) is 2.05. The van der Waals surface area contributed by atoms with Crippen LogP contribution in [-0.4, -0.2) is 6.61 Å². The minimum absolute atomic E-state index is 0.771. The highest BCUT2D eigenvalue weighted by atomic mass is 16.5. The molecule has 1 nitrogen and oxygen atoms in total. The molecule has 1 heteroatoms. The molecule has 0 atom stereocenters. The maximum atomic E-state index is 5.28. The summed E-state index contributed by atoms with van der Waals surface area (Å²) in [5, 5.41) is 0. The molecule has 0 aliphatic carbocycles. The number of fused-ring (bicyclic) bond motifs is 1. The standard InChI is InChI=1S/C9H9O/c1-2-4-9-7-10-6-5-8(9)3-1/h1-2,4H,5-7H2. The molecule has 1 aromatic carbocycles. The first-order valence-electron chi connectivity index (χ1n) is 3.53. The van der Waals surface area contributed by atoms with Crippen LogP contribution < -0.4 is 0 Å². The lowest BCUT2D eigenvalue weighted by Gasteiger charge is -2.14. The minimum Gasteiger partial charge on any atom is -0.376 e. The van der Waals surface area contributed by atoms with Gasteiger partial charge in [0, 0.05) is 0 Å². The van der Waals surface area contributed by atoms with E-state index in [0.717, 1.165) is 19.6 Å². The topological polar surface area (TPSA) is 9.23 Å². The second-order valence-electron chi connectivity index (χ2n) is 2.48. The van der Waals surface area contributed by atoms with E-state index in [1.54, 1.807) is 0 Å². The first-order valence-corrected chi connectivity index (χ1v) is 3.53. The first-order chi connectivity index (χ1) is 4.97. The Morgan fingerprint density at radius 1 is 1.50 bits per heavy atom. The van der Waals surface area contributed by atoms with E-state index in [4.69, 9.17) is 4.74 Å². The molecule has 0 amide bonds. The van der Waals surface area contributed by atoms with Crippen LogP contribution in [0.2, 0.25) is 0 Å². The van der Waals surface area contributed by atoms with Gasteiger partial charge >= 0.3 is 0 Å². The second-order valence-corrected chi connectivity index (χ2v) is 2.48. The summed E-state index contributed by atoms with van der Waals surface area (Å²) in [6, 6.07) is 9.28. The van der Waals surface area contributed by atoms with E-state index in [2.05, 4.69) is 12.1 Å². The van der Waals surface area contributed by atoms with Crippen LogP contribution in [0.4, 0.5) is 0 Å². The van der Waals surface area contributed by atoms with E-state index >= 15 is 0 Å². The predicted octanol–water partition coefficient (Wildman–Crippen LogP) is 1.56. The molecule has 2 rings (SSSR count). The van der Waals surface area contributed by atoms with E-state index in [1.165, 1.54) is 11.1 Å². The summed E-state index contributed by atoms with van der Waals surface area (Å²) in [7, 11) is 0. The average molecular weight is 133 g/mol. The molecular weight excluding hydrogens is 124 g/mol. The molecule has 0 saturated carbocycles. The van der Waals surface area contributed by atoms with Gasteiger partial charge in [-0.25, -0.2) is 0 Å². The second kappa shape index (κ2) is 2.43. The van der Waals surface area contributed by atoms with Crippen LogP contribution in [0.25, 0.3) is 0 Å². The Balaban J connectivity index is 2.41. The normalized spacial score (nSPS) is 16.4. The molecule has 0 spiro atoms. The van der Waals surface area contributed by atoms with Gasteiger partial charge < -0.3 is 4.74 Å². The molecular formula is C9H9O. The van der Waals surface area contributed by atoms with Crippen molar-refractivity contribution in [1.29, 1.82) is 0 Å². The van der Waals surface area contributed by atoms with E-state index in [-0.39, 0.29) is 0 Å². The number of hydrogen-bond donors (Lipinski definition) is 0. The van der Waals surface area contributed by atoms with Gasteiger partial charge in [-0.15, -0.1) is 0 Å². The summed E-state index contributed by atoms with van der Waals surface area (Å²) in [4.78, 5) is 0. The fourth-order valence-electron chi connectivity index (χ4n) is 1.23. The molecule has 51 valence electrons. The summed E-state index contributed by atoms with van der Waals surface area (Å²) in [5.41, 5.74) is 2.63. The van der Waals surface area contributed by atoms with Gasteiger partial charge in [-0.05, 0) is 23.6 Å². The lowest BCUT2D eigenvalue weighted by molar-refractivity contribution is 0.110. The van der Waals surface area contributed by atoms with Gasteiger partial charge in [0.1, 0.15) is 0 Å². The van der Waals surface area contributed by atoms with Crippen molar-refractivity contribution < 1.29 is 4.74 Å². The first kappa shape index (κ1) is 5.93. The number of benzene rings is 1. The van der Waals surface area contributed by atoms with Crippen LogP contribution in [0.5, 0.6) is 0 Å². The van der Waals surface area contributed by atoms with Gasteiger partial charge in [-0.1, -0.05) is 18.2 Å². The van der Waals surface area contributed by atoms with Crippen molar-refractivity contribution in [2.75, 3.05) is 6.61 Å². The minimum atomic E-state index is 0.771. The molecule has 0 unspecified atom stereocenters. The van der Waals surface area contributed by atoms with Crippen LogP contribution in [0, 0.1) is 6.07 Å². The Kier molecular flexibility index (Phi) is 1.44. The largest absolute Gasteiger partial charge is 0.376 e. The third-order valence-electron chi connectivity index (χ3n) is 1.79. The summed E-state index contributed by atoms with van der Waals surface area (Å²) in [6.07, 6.45) is 1.02. The smallest absolute Gasteiger partial charge is 0.0719 e. The molecule has 0 aromatic heterocycles. The quantitative estimate of drug-likeness (QED) is 0.522. The predicted molar refractivity (Wildman–Crippen MR) is 38.6 cm³/mol. The van der Waals surface area contributed by atoms with Crippen molar-refractivity contribution in [2.45, 2.75) is 13.0 Å². The summed E-state index contributed by atoms with van der Waals surface area (Å²) >= 11 is 0. The number of hydrogen-bond acceptors (Lipinski definition) is 1. The molecule has 1 aliphatic heterocycles. The Morgan fingerprint density at radius 2 is 2.50 bits per heavy atom. The lowest BCUT2D eigenvalue weighted by Crippen LogP contribution is -2.08. The molecule has 1 heterocycles.